The van der Waals surface area contributed by atoms with Gasteiger partial charge in [-0.2, -0.15) is 0 Å². The normalized spacial score (nSPS) is 11.2. The molecule has 0 unspecified atom stereocenters. The molecule has 0 amide bonds. The van der Waals surface area contributed by atoms with Crippen molar-refractivity contribution < 1.29 is 17.9 Å². The SMILES string of the molecule is CCCN(C)S(=O)(=O)c1ccc(C#CCCO)c(F)c1. The number of benzene rings is 1. The van der Waals surface area contributed by atoms with E-state index in [0.29, 0.717) is 13.0 Å². The van der Waals surface area contributed by atoms with Crippen molar-refractivity contribution in [2.75, 3.05) is 20.2 Å². The standard InChI is InChI=1S/C14H18FNO3S/c1-3-9-16(2)20(18,19)13-8-7-12(14(15)11-13)6-4-5-10-17/h7-8,11,17H,3,5,9-10H2,1-2H3. The number of hydrogen-bond donors (Lipinski definition) is 1. The van der Waals surface area contributed by atoms with E-state index in [9.17, 15) is 12.8 Å². The van der Waals surface area contributed by atoms with Gasteiger partial charge in [0.05, 0.1) is 17.1 Å². The quantitative estimate of drug-likeness (QED) is 0.840. The van der Waals surface area contributed by atoms with Crippen LogP contribution in [0, 0.1) is 17.7 Å². The minimum absolute atomic E-state index is 0.0846. The van der Waals surface area contributed by atoms with E-state index in [2.05, 4.69) is 11.8 Å². The number of rotatable bonds is 5. The van der Waals surface area contributed by atoms with Crippen LogP contribution in [0.3, 0.4) is 0 Å². The van der Waals surface area contributed by atoms with Crippen molar-refractivity contribution in [3.8, 4) is 11.8 Å². The molecule has 0 aliphatic carbocycles. The number of halogens is 1. The third kappa shape index (κ3) is 4.04. The molecule has 0 aliphatic heterocycles. The first kappa shape index (κ1) is 16.6. The molecule has 1 aromatic rings. The fraction of sp³-hybridized carbons (Fsp3) is 0.429. The summed E-state index contributed by atoms with van der Waals surface area (Å²) < 4.78 is 39.3. The molecule has 6 heteroatoms. The van der Waals surface area contributed by atoms with Crippen molar-refractivity contribution in [3.63, 3.8) is 0 Å². The van der Waals surface area contributed by atoms with Crippen molar-refractivity contribution in [1.82, 2.24) is 4.31 Å². The molecule has 0 aromatic heterocycles. The van der Waals surface area contributed by atoms with E-state index in [1.165, 1.54) is 23.5 Å². The lowest BCUT2D eigenvalue weighted by atomic mass is 10.2. The zero-order valence-electron chi connectivity index (χ0n) is 11.6. The summed E-state index contributed by atoms with van der Waals surface area (Å²) in [4.78, 5) is -0.0846. The molecule has 110 valence electrons. The second-order valence-electron chi connectivity index (χ2n) is 4.24. The second-order valence-corrected chi connectivity index (χ2v) is 6.29. The number of nitrogens with zero attached hydrogens (tertiary/aromatic N) is 1. The van der Waals surface area contributed by atoms with Crippen LogP contribution in [0.1, 0.15) is 25.3 Å². The van der Waals surface area contributed by atoms with Gasteiger partial charge in [-0.1, -0.05) is 18.8 Å². The highest BCUT2D eigenvalue weighted by Crippen LogP contribution is 2.18. The van der Waals surface area contributed by atoms with Gasteiger partial charge in [-0.05, 0) is 24.6 Å². The smallest absolute Gasteiger partial charge is 0.242 e. The van der Waals surface area contributed by atoms with E-state index >= 15 is 0 Å². The maximum Gasteiger partial charge on any atom is 0.242 e. The van der Waals surface area contributed by atoms with Crippen molar-refractivity contribution in [3.05, 3.63) is 29.6 Å². The van der Waals surface area contributed by atoms with Gasteiger partial charge < -0.3 is 5.11 Å². The van der Waals surface area contributed by atoms with Crippen LogP contribution in [0.2, 0.25) is 0 Å². The van der Waals surface area contributed by atoms with Gasteiger partial charge in [-0.25, -0.2) is 17.1 Å². The lowest BCUT2D eigenvalue weighted by Gasteiger charge is -2.16. The molecule has 0 bridgehead atoms. The summed E-state index contributed by atoms with van der Waals surface area (Å²) in [5.41, 5.74) is 0.121. The minimum atomic E-state index is -3.66. The van der Waals surface area contributed by atoms with Crippen LogP contribution in [-0.2, 0) is 10.0 Å². The summed E-state index contributed by atoms with van der Waals surface area (Å²) in [5, 5.41) is 8.59. The molecule has 20 heavy (non-hydrogen) atoms. The lowest BCUT2D eigenvalue weighted by molar-refractivity contribution is 0.305. The van der Waals surface area contributed by atoms with Crippen molar-refractivity contribution in [2.24, 2.45) is 0 Å². The summed E-state index contributed by atoms with van der Waals surface area (Å²) in [6.07, 6.45) is 0.932. The molecule has 0 saturated carbocycles. The Labute approximate surface area is 119 Å². The molecule has 1 rings (SSSR count). The predicted molar refractivity (Wildman–Crippen MR) is 75.1 cm³/mol. The first-order valence-corrected chi connectivity index (χ1v) is 7.73. The highest BCUT2D eigenvalue weighted by Gasteiger charge is 2.20. The fourth-order valence-corrected chi connectivity index (χ4v) is 2.86. The van der Waals surface area contributed by atoms with Crippen LogP contribution in [0.4, 0.5) is 4.39 Å². The number of aliphatic hydroxyl groups excluding tert-OH is 1. The third-order valence-corrected chi connectivity index (χ3v) is 4.50. The van der Waals surface area contributed by atoms with Gasteiger partial charge in [0.15, 0.2) is 0 Å². The third-order valence-electron chi connectivity index (χ3n) is 2.65. The zero-order valence-corrected chi connectivity index (χ0v) is 12.4. The summed E-state index contributed by atoms with van der Waals surface area (Å²) >= 11 is 0. The predicted octanol–water partition coefficient (Wildman–Crippen LogP) is 1.59. The van der Waals surface area contributed by atoms with E-state index in [-0.39, 0.29) is 23.5 Å². The van der Waals surface area contributed by atoms with Crippen molar-refractivity contribution >= 4 is 10.0 Å². The summed E-state index contributed by atoms with van der Waals surface area (Å²) in [5.74, 6) is 4.47. The van der Waals surface area contributed by atoms with Crippen LogP contribution in [-0.4, -0.2) is 38.0 Å². The van der Waals surface area contributed by atoms with Gasteiger partial charge in [-0.15, -0.1) is 0 Å². The van der Waals surface area contributed by atoms with E-state index in [4.69, 9.17) is 5.11 Å². The van der Waals surface area contributed by atoms with E-state index in [1.54, 1.807) is 0 Å². The minimum Gasteiger partial charge on any atom is -0.395 e. The Hall–Kier alpha value is -1.42. The zero-order chi connectivity index (χ0) is 15.2. The lowest BCUT2D eigenvalue weighted by Crippen LogP contribution is -2.27. The topological polar surface area (TPSA) is 57.6 Å². The monoisotopic (exact) mass is 299 g/mol. The molecule has 0 saturated heterocycles. The Bertz CT molecular complexity index is 617. The van der Waals surface area contributed by atoms with Gasteiger partial charge in [0.2, 0.25) is 10.0 Å². The van der Waals surface area contributed by atoms with Crippen LogP contribution in [0.15, 0.2) is 23.1 Å². The van der Waals surface area contributed by atoms with E-state index in [1.807, 2.05) is 6.92 Å². The number of sulfonamides is 1. The Kier molecular flexibility index (Phi) is 6.14. The van der Waals surface area contributed by atoms with Crippen LogP contribution in [0.25, 0.3) is 0 Å². The van der Waals surface area contributed by atoms with E-state index in [0.717, 1.165) is 6.07 Å². The maximum atomic E-state index is 13.8. The molecule has 4 nitrogen and oxygen atoms in total. The Morgan fingerprint density at radius 1 is 1.40 bits per heavy atom. The highest BCUT2D eigenvalue weighted by molar-refractivity contribution is 7.89. The Balaban J connectivity index is 3.07. The Morgan fingerprint density at radius 3 is 2.65 bits per heavy atom. The first-order valence-electron chi connectivity index (χ1n) is 6.29. The van der Waals surface area contributed by atoms with Gasteiger partial charge in [0, 0.05) is 20.0 Å². The molecule has 0 radical (unpaired) electrons. The average molecular weight is 299 g/mol. The van der Waals surface area contributed by atoms with Gasteiger partial charge >= 0.3 is 0 Å². The number of aliphatic hydroxyl groups is 1. The van der Waals surface area contributed by atoms with Gasteiger partial charge in [-0.3, -0.25) is 0 Å². The second kappa shape index (κ2) is 7.39. The molecular weight excluding hydrogens is 281 g/mol. The fourth-order valence-electron chi connectivity index (χ4n) is 1.59. The molecular formula is C14H18FNO3S. The summed E-state index contributed by atoms with van der Waals surface area (Å²) in [6, 6.07) is 3.66. The van der Waals surface area contributed by atoms with E-state index < -0.39 is 15.8 Å². The largest absolute Gasteiger partial charge is 0.395 e. The Morgan fingerprint density at radius 2 is 2.10 bits per heavy atom. The molecule has 0 fully saturated rings. The van der Waals surface area contributed by atoms with Crippen LogP contribution in [0.5, 0.6) is 0 Å². The van der Waals surface area contributed by atoms with Gasteiger partial charge in [0.25, 0.3) is 0 Å². The first-order chi connectivity index (χ1) is 9.43. The van der Waals surface area contributed by atoms with Crippen LogP contribution < -0.4 is 0 Å². The molecule has 0 aliphatic rings. The average Bonchev–Trinajstić information content (AvgIpc) is 2.41. The summed E-state index contributed by atoms with van der Waals surface area (Å²) in [6.45, 7) is 2.15. The molecule has 0 heterocycles. The van der Waals surface area contributed by atoms with Gasteiger partial charge in [0.1, 0.15) is 5.82 Å². The molecule has 1 N–H and O–H groups in total. The molecule has 1 aromatic carbocycles. The van der Waals surface area contributed by atoms with Crippen LogP contribution >= 0.6 is 0 Å². The summed E-state index contributed by atoms with van der Waals surface area (Å²) in [7, 11) is -2.20. The van der Waals surface area contributed by atoms with Crippen molar-refractivity contribution in [1.29, 1.82) is 0 Å². The molecule has 0 atom stereocenters. The molecule has 0 spiro atoms. The number of hydrogen-bond acceptors (Lipinski definition) is 3. The highest BCUT2D eigenvalue weighted by atomic mass is 32.2. The van der Waals surface area contributed by atoms with Crippen molar-refractivity contribution in [2.45, 2.75) is 24.7 Å². The maximum absolute atomic E-state index is 13.8.